The molecule has 0 saturated carbocycles. The van der Waals surface area contributed by atoms with Crippen molar-refractivity contribution in [3.8, 4) is 0 Å². The molecule has 0 atom stereocenters. The van der Waals surface area contributed by atoms with Crippen LogP contribution in [0.4, 0.5) is 11.6 Å². The third-order valence-corrected chi connectivity index (χ3v) is 2.66. The molecular weight excluding hydrogens is 252 g/mol. The molecule has 1 heterocycles. The number of benzene rings is 1. The lowest BCUT2D eigenvalue weighted by Gasteiger charge is -2.09. The molecule has 0 spiro atoms. The topological polar surface area (TPSA) is 66.9 Å². The molecule has 1 aromatic carbocycles. The van der Waals surface area contributed by atoms with E-state index in [9.17, 15) is 4.79 Å². The first-order chi connectivity index (χ1) is 9.54. The van der Waals surface area contributed by atoms with Gasteiger partial charge in [-0.3, -0.25) is 4.79 Å². The smallest absolute Gasteiger partial charge is 0.256 e. The van der Waals surface area contributed by atoms with E-state index in [-0.39, 0.29) is 11.9 Å². The van der Waals surface area contributed by atoms with Gasteiger partial charge in [0.05, 0.1) is 0 Å². The fraction of sp³-hybridized carbons (Fsp3) is 0.267. The van der Waals surface area contributed by atoms with Gasteiger partial charge in [-0.25, -0.2) is 0 Å². The number of hydrogen-bond acceptors (Lipinski definition) is 4. The molecule has 2 N–H and O–H groups in total. The first-order valence-corrected chi connectivity index (χ1v) is 6.53. The monoisotopic (exact) mass is 270 g/mol. The average Bonchev–Trinajstić information content (AvgIpc) is 2.41. The number of nitrogens with zero attached hydrogens (tertiary/aromatic N) is 2. The maximum atomic E-state index is 12.0. The minimum Gasteiger partial charge on any atom is -0.366 e. The highest BCUT2D eigenvalue weighted by molar-refractivity contribution is 6.03. The first-order valence-electron chi connectivity index (χ1n) is 6.53. The number of hydrogen-bond donors (Lipinski definition) is 2. The summed E-state index contributed by atoms with van der Waals surface area (Å²) in [6.07, 6.45) is 0. The number of rotatable bonds is 4. The molecule has 1 amide bonds. The Balaban J connectivity index is 2.02. The Kier molecular flexibility index (Phi) is 4.30. The van der Waals surface area contributed by atoms with E-state index < -0.39 is 0 Å². The Morgan fingerprint density at radius 1 is 1.00 bits per heavy atom. The highest BCUT2D eigenvalue weighted by Crippen LogP contribution is 2.10. The molecule has 104 valence electrons. The largest absolute Gasteiger partial charge is 0.366 e. The molecule has 2 aromatic rings. The quantitative estimate of drug-likeness (QED) is 0.896. The number of carbonyl (C=O) groups is 1. The Bertz CT molecular complexity index is 576. The van der Waals surface area contributed by atoms with Crippen molar-refractivity contribution < 1.29 is 4.79 Å². The number of nitrogens with one attached hydrogen (secondary N) is 2. The van der Waals surface area contributed by atoms with Crippen molar-refractivity contribution in [2.75, 3.05) is 10.6 Å². The molecule has 5 heteroatoms. The molecule has 0 aliphatic heterocycles. The average molecular weight is 270 g/mol. The van der Waals surface area contributed by atoms with Crippen LogP contribution >= 0.6 is 0 Å². The third kappa shape index (κ3) is 3.78. The molecular formula is C15H18N4O. The summed E-state index contributed by atoms with van der Waals surface area (Å²) < 4.78 is 0. The van der Waals surface area contributed by atoms with Gasteiger partial charge in [-0.2, -0.15) is 0 Å². The number of aryl methyl sites for hydroxylation is 1. The van der Waals surface area contributed by atoms with Gasteiger partial charge < -0.3 is 10.6 Å². The van der Waals surface area contributed by atoms with Gasteiger partial charge in [0.1, 0.15) is 5.82 Å². The standard InChI is InChI=1S/C15H18N4O/c1-10(2)16-13-8-9-14(19-18-13)17-15(20)12-6-4-11(3)5-7-12/h4-10H,1-3H3,(H,16,18)(H,17,19,20). The van der Waals surface area contributed by atoms with E-state index >= 15 is 0 Å². The van der Waals surface area contributed by atoms with Crippen LogP contribution < -0.4 is 10.6 Å². The predicted molar refractivity (Wildman–Crippen MR) is 79.9 cm³/mol. The zero-order valence-electron chi connectivity index (χ0n) is 11.8. The molecule has 1 aromatic heterocycles. The van der Waals surface area contributed by atoms with Gasteiger partial charge >= 0.3 is 0 Å². The van der Waals surface area contributed by atoms with Crippen LogP contribution in [0.5, 0.6) is 0 Å². The van der Waals surface area contributed by atoms with Crippen LogP contribution in [-0.4, -0.2) is 22.1 Å². The SMILES string of the molecule is Cc1ccc(C(=O)Nc2ccc(NC(C)C)nn2)cc1. The lowest BCUT2D eigenvalue weighted by molar-refractivity contribution is 0.102. The normalized spacial score (nSPS) is 10.4. The summed E-state index contributed by atoms with van der Waals surface area (Å²) in [5.41, 5.74) is 1.72. The van der Waals surface area contributed by atoms with Gasteiger partial charge in [0.2, 0.25) is 0 Å². The third-order valence-electron chi connectivity index (χ3n) is 2.66. The van der Waals surface area contributed by atoms with E-state index in [2.05, 4.69) is 20.8 Å². The molecule has 0 unspecified atom stereocenters. The summed E-state index contributed by atoms with van der Waals surface area (Å²) in [5, 5.41) is 13.8. The number of aromatic nitrogens is 2. The highest BCUT2D eigenvalue weighted by Gasteiger charge is 2.07. The van der Waals surface area contributed by atoms with Gasteiger partial charge in [-0.1, -0.05) is 17.7 Å². The summed E-state index contributed by atoms with van der Waals surface area (Å²) in [6, 6.07) is 11.2. The van der Waals surface area contributed by atoms with Crippen LogP contribution in [0.25, 0.3) is 0 Å². The zero-order valence-corrected chi connectivity index (χ0v) is 11.8. The van der Waals surface area contributed by atoms with Crippen molar-refractivity contribution in [3.63, 3.8) is 0 Å². The summed E-state index contributed by atoms with van der Waals surface area (Å²) >= 11 is 0. The van der Waals surface area contributed by atoms with Gasteiger partial charge in [0.25, 0.3) is 5.91 Å². The fourth-order valence-corrected chi connectivity index (χ4v) is 1.67. The minimum atomic E-state index is -0.191. The van der Waals surface area contributed by atoms with Crippen molar-refractivity contribution in [1.82, 2.24) is 10.2 Å². The van der Waals surface area contributed by atoms with Crippen molar-refractivity contribution in [2.24, 2.45) is 0 Å². The van der Waals surface area contributed by atoms with E-state index in [0.717, 1.165) is 5.56 Å². The molecule has 0 bridgehead atoms. The first kappa shape index (κ1) is 14.0. The van der Waals surface area contributed by atoms with Crippen molar-refractivity contribution in [3.05, 3.63) is 47.5 Å². The van der Waals surface area contributed by atoms with Crippen molar-refractivity contribution in [1.29, 1.82) is 0 Å². The Morgan fingerprint density at radius 3 is 2.15 bits per heavy atom. The maximum Gasteiger partial charge on any atom is 0.256 e. The molecule has 0 aliphatic carbocycles. The second-order valence-electron chi connectivity index (χ2n) is 4.92. The molecule has 0 saturated heterocycles. The van der Waals surface area contributed by atoms with Crippen molar-refractivity contribution >= 4 is 17.5 Å². The molecule has 20 heavy (non-hydrogen) atoms. The minimum absolute atomic E-state index is 0.191. The number of amides is 1. The van der Waals surface area contributed by atoms with Gasteiger partial charge in [-0.05, 0) is 45.0 Å². The molecule has 5 nitrogen and oxygen atoms in total. The van der Waals surface area contributed by atoms with Gasteiger partial charge in [0.15, 0.2) is 5.82 Å². The van der Waals surface area contributed by atoms with Gasteiger partial charge in [-0.15, -0.1) is 10.2 Å². The van der Waals surface area contributed by atoms with E-state index in [1.165, 1.54) is 0 Å². The summed E-state index contributed by atoms with van der Waals surface area (Å²) in [7, 11) is 0. The maximum absolute atomic E-state index is 12.0. The van der Waals surface area contributed by atoms with Crippen molar-refractivity contribution in [2.45, 2.75) is 26.8 Å². The Morgan fingerprint density at radius 2 is 1.60 bits per heavy atom. The lowest BCUT2D eigenvalue weighted by atomic mass is 10.1. The zero-order chi connectivity index (χ0) is 14.5. The summed E-state index contributed by atoms with van der Waals surface area (Å²) in [5.74, 6) is 0.932. The van der Waals surface area contributed by atoms with Crippen LogP contribution in [0.2, 0.25) is 0 Å². The van der Waals surface area contributed by atoms with E-state index in [0.29, 0.717) is 17.2 Å². The van der Waals surface area contributed by atoms with Crippen LogP contribution in [0.3, 0.4) is 0 Å². The van der Waals surface area contributed by atoms with Gasteiger partial charge in [0, 0.05) is 11.6 Å². The van der Waals surface area contributed by atoms with E-state index in [4.69, 9.17) is 0 Å². The Hall–Kier alpha value is -2.43. The number of carbonyl (C=O) groups excluding carboxylic acids is 1. The number of anilines is 2. The predicted octanol–water partition coefficient (Wildman–Crippen LogP) is 2.86. The molecule has 0 aliphatic rings. The molecule has 0 fully saturated rings. The van der Waals surface area contributed by atoms with Crippen LogP contribution in [0.15, 0.2) is 36.4 Å². The van der Waals surface area contributed by atoms with E-state index in [1.807, 2.05) is 32.9 Å². The van der Waals surface area contributed by atoms with E-state index in [1.54, 1.807) is 24.3 Å². The molecule has 2 rings (SSSR count). The second kappa shape index (κ2) is 6.14. The van der Waals surface area contributed by atoms with Crippen LogP contribution in [0.1, 0.15) is 29.8 Å². The molecule has 0 radical (unpaired) electrons. The second-order valence-corrected chi connectivity index (χ2v) is 4.92. The van der Waals surface area contributed by atoms with Crippen LogP contribution in [0, 0.1) is 6.92 Å². The van der Waals surface area contributed by atoms with Crippen LogP contribution in [-0.2, 0) is 0 Å². The highest BCUT2D eigenvalue weighted by atomic mass is 16.1. The Labute approximate surface area is 118 Å². The fourth-order valence-electron chi connectivity index (χ4n) is 1.67. The summed E-state index contributed by atoms with van der Waals surface area (Å²) in [6.45, 7) is 6.02. The summed E-state index contributed by atoms with van der Waals surface area (Å²) in [4.78, 5) is 12.0. The lowest BCUT2D eigenvalue weighted by Crippen LogP contribution is -2.15.